The van der Waals surface area contributed by atoms with Gasteiger partial charge in [0, 0.05) is 5.41 Å². The molecule has 0 amide bonds. The number of anilines is 1. The summed E-state index contributed by atoms with van der Waals surface area (Å²) in [5.41, 5.74) is 5.03. The molecule has 1 unspecified atom stereocenters. The summed E-state index contributed by atoms with van der Waals surface area (Å²) in [4.78, 5) is 0. The Morgan fingerprint density at radius 2 is 1.81 bits per heavy atom. The Morgan fingerprint density at radius 3 is 2.19 bits per heavy atom. The molecule has 1 aromatic heterocycles. The molecular formula is C15H9Br2Cl2F3N4. The highest BCUT2D eigenvalue weighted by atomic mass is 79.9. The minimum absolute atomic E-state index is 0.0134. The molecule has 1 aliphatic rings. The van der Waals surface area contributed by atoms with Gasteiger partial charge in [0.2, 0.25) is 0 Å². The molecule has 1 heterocycles. The molecule has 3 rings (SSSR count). The third kappa shape index (κ3) is 2.91. The predicted octanol–water partition coefficient (Wildman–Crippen LogP) is 5.80. The highest BCUT2D eigenvalue weighted by molar-refractivity contribution is 9.25. The van der Waals surface area contributed by atoms with Gasteiger partial charge in [-0.3, -0.25) is 0 Å². The van der Waals surface area contributed by atoms with Gasteiger partial charge in [0.15, 0.2) is 0 Å². The van der Waals surface area contributed by atoms with Crippen LogP contribution < -0.4 is 5.73 Å². The first kappa shape index (κ1) is 19.8. The lowest BCUT2D eigenvalue weighted by molar-refractivity contribution is -0.137. The van der Waals surface area contributed by atoms with Crippen LogP contribution in [0.3, 0.4) is 0 Å². The fourth-order valence-electron chi connectivity index (χ4n) is 2.69. The van der Waals surface area contributed by atoms with Crippen molar-refractivity contribution in [3.8, 4) is 11.8 Å². The molecule has 0 bridgehead atoms. The zero-order chi connectivity index (χ0) is 19.7. The number of nitrogens with two attached hydrogens (primary N) is 1. The molecule has 0 spiro atoms. The molecule has 11 heteroatoms. The van der Waals surface area contributed by atoms with Crippen molar-refractivity contribution in [1.82, 2.24) is 9.78 Å². The maximum Gasteiger partial charge on any atom is 0.416 e. The van der Waals surface area contributed by atoms with Crippen molar-refractivity contribution in [3.05, 3.63) is 39.0 Å². The maximum atomic E-state index is 12.9. The first-order valence-electron chi connectivity index (χ1n) is 7.07. The Morgan fingerprint density at radius 1 is 1.31 bits per heavy atom. The van der Waals surface area contributed by atoms with Gasteiger partial charge < -0.3 is 5.73 Å². The Kier molecular flexibility index (Phi) is 4.59. The van der Waals surface area contributed by atoms with Gasteiger partial charge in [0.05, 0.1) is 24.5 Å². The lowest BCUT2D eigenvalue weighted by Crippen LogP contribution is -2.12. The number of hydrogen-bond donors (Lipinski definition) is 1. The van der Waals surface area contributed by atoms with Crippen LogP contribution in [0.2, 0.25) is 10.0 Å². The van der Waals surface area contributed by atoms with Crippen molar-refractivity contribution in [2.45, 2.75) is 28.2 Å². The summed E-state index contributed by atoms with van der Waals surface area (Å²) in [6.07, 6.45) is -3.96. The summed E-state index contributed by atoms with van der Waals surface area (Å²) in [5.74, 6) is -0.0463. The van der Waals surface area contributed by atoms with E-state index in [2.05, 4.69) is 37.0 Å². The quantitative estimate of drug-likeness (QED) is 0.497. The van der Waals surface area contributed by atoms with Gasteiger partial charge in [-0.1, -0.05) is 62.0 Å². The molecule has 1 aromatic carbocycles. The largest absolute Gasteiger partial charge is 0.416 e. The van der Waals surface area contributed by atoms with Gasteiger partial charge in [-0.25, -0.2) is 4.68 Å². The molecule has 0 radical (unpaired) electrons. The smallest absolute Gasteiger partial charge is 0.382 e. The molecule has 2 aromatic rings. The maximum absolute atomic E-state index is 12.9. The van der Waals surface area contributed by atoms with Gasteiger partial charge in [0.1, 0.15) is 23.1 Å². The van der Waals surface area contributed by atoms with E-state index in [4.69, 9.17) is 28.9 Å². The zero-order valence-electron chi connectivity index (χ0n) is 12.9. The SMILES string of the molecule is CC1(c2nn(-c3c(Cl)cc(C(F)(F)F)cc3Cl)c(N)c2C#N)CC1(Br)Br. The first-order chi connectivity index (χ1) is 11.8. The minimum Gasteiger partial charge on any atom is -0.382 e. The Bertz CT molecular complexity index is 942. The van der Waals surface area contributed by atoms with Crippen molar-refractivity contribution in [3.63, 3.8) is 0 Å². The highest BCUT2D eigenvalue weighted by Gasteiger charge is 2.65. The monoisotopic (exact) mass is 530 g/mol. The second-order valence-corrected chi connectivity index (χ2v) is 10.7. The van der Waals surface area contributed by atoms with Crippen LogP contribution in [0.25, 0.3) is 5.69 Å². The van der Waals surface area contributed by atoms with Crippen LogP contribution in [-0.2, 0) is 11.6 Å². The number of benzene rings is 1. The molecule has 0 aliphatic heterocycles. The second-order valence-electron chi connectivity index (χ2n) is 6.13. The fourth-order valence-corrected chi connectivity index (χ4v) is 4.83. The van der Waals surface area contributed by atoms with Crippen LogP contribution in [0.1, 0.15) is 30.2 Å². The van der Waals surface area contributed by atoms with E-state index in [0.29, 0.717) is 12.1 Å². The third-order valence-corrected chi connectivity index (χ3v) is 7.26. The van der Waals surface area contributed by atoms with Crippen molar-refractivity contribution in [1.29, 1.82) is 5.26 Å². The Labute approximate surface area is 173 Å². The van der Waals surface area contributed by atoms with Crippen LogP contribution in [0, 0.1) is 11.3 Å². The number of aromatic nitrogens is 2. The van der Waals surface area contributed by atoms with Crippen molar-refractivity contribution < 1.29 is 13.2 Å². The zero-order valence-corrected chi connectivity index (χ0v) is 17.6. The lowest BCUT2D eigenvalue weighted by atomic mass is 10.0. The summed E-state index contributed by atoms with van der Waals surface area (Å²) >= 11 is 19.1. The van der Waals surface area contributed by atoms with E-state index >= 15 is 0 Å². The fraction of sp³-hybridized carbons (Fsp3) is 0.333. The number of hydrogen-bond acceptors (Lipinski definition) is 3. The van der Waals surface area contributed by atoms with E-state index in [1.54, 1.807) is 0 Å². The van der Waals surface area contributed by atoms with Crippen molar-refractivity contribution >= 4 is 60.9 Å². The number of nitrogens with zero attached hydrogens (tertiary/aromatic N) is 3. The summed E-state index contributed by atoms with van der Waals surface area (Å²) in [6.45, 7) is 1.87. The molecule has 1 atom stereocenters. The molecular weight excluding hydrogens is 524 g/mol. The summed E-state index contributed by atoms with van der Waals surface area (Å²) in [7, 11) is 0. The van der Waals surface area contributed by atoms with Gasteiger partial charge >= 0.3 is 6.18 Å². The first-order valence-corrected chi connectivity index (χ1v) is 9.41. The number of halogens is 7. The molecule has 0 saturated heterocycles. The van der Waals surface area contributed by atoms with Crippen LogP contribution in [0.5, 0.6) is 0 Å². The topological polar surface area (TPSA) is 67.6 Å². The third-order valence-electron chi connectivity index (χ3n) is 4.37. The highest BCUT2D eigenvalue weighted by Crippen LogP contribution is 2.67. The number of nitriles is 1. The van der Waals surface area contributed by atoms with Gasteiger partial charge in [-0.2, -0.15) is 23.5 Å². The van der Waals surface area contributed by atoms with Gasteiger partial charge in [-0.05, 0) is 18.6 Å². The summed E-state index contributed by atoms with van der Waals surface area (Å²) < 4.78 is 39.4. The van der Waals surface area contributed by atoms with Crippen molar-refractivity contribution in [2.75, 3.05) is 5.73 Å². The Balaban J connectivity index is 2.21. The van der Waals surface area contributed by atoms with E-state index in [1.807, 2.05) is 13.0 Å². The van der Waals surface area contributed by atoms with Crippen molar-refractivity contribution in [2.24, 2.45) is 0 Å². The predicted molar refractivity (Wildman–Crippen MR) is 100 cm³/mol. The number of alkyl halides is 5. The molecule has 1 aliphatic carbocycles. The summed E-state index contributed by atoms with van der Waals surface area (Å²) in [6, 6.07) is 3.48. The van der Waals surface area contributed by atoms with E-state index < -0.39 is 20.4 Å². The van der Waals surface area contributed by atoms with Gasteiger partial charge in [0.25, 0.3) is 0 Å². The standard InChI is InChI=1S/C15H9Br2Cl2F3N4/c1-13(5-14(13,16)17)11-7(4-23)12(24)26(25-11)10-8(18)2-6(3-9(10)19)15(20,21)22/h2-3H,5,24H2,1H3. The average molecular weight is 533 g/mol. The number of rotatable bonds is 2. The molecule has 2 N–H and O–H groups in total. The van der Waals surface area contributed by atoms with Crippen LogP contribution in [0.15, 0.2) is 12.1 Å². The second kappa shape index (κ2) is 6.03. The molecule has 138 valence electrons. The summed E-state index contributed by atoms with van der Waals surface area (Å²) in [5, 5.41) is 13.3. The molecule has 1 fully saturated rings. The van der Waals surface area contributed by atoms with E-state index in [9.17, 15) is 18.4 Å². The molecule has 26 heavy (non-hydrogen) atoms. The normalized spacial score (nSPS) is 21.5. The van der Waals surface area contributed by atoms with E-state index in [1.165, 1.54) is 0 Å². The average Bonchev–Trinajstić information content (AvgIpc) is 2.84. The minimum atomic E-state index is -4.60. The van der Waals surface area contributed by atoms with E-state index in [-0.39, 0.29) is 27.1 Å². The Hall–Kier alpha value is -0.950. The molecule has 1 saturated carbocycles. The number of nitrogen functional groups attached to an aromatic ring is 1. The van der Waals surface area contributed by atoms with E-state index in [0.717, 1.165) is 16.8 Å². The van der Waals surface area contributed by atoms with Crippen LogP contribution >= 0.6 is 55.1 Å². The van der Waals surface area contributed by atoms with Crippen LogP contribution in [0.4, 0.5) is 19.0 Å². The van der Waals surface area contributed by atoms with Crippen LogP contribution in [-0.4, -0.2) is 13.0 Å². The lowest BCUT2D eigenvalue weighted by Gasteiger charge is -2.13. The van der Waals surface area contributed by atoms with Gasteiger partial charge in [-0.15, -0.1) is 0 Å². The molecule has 4 nitrogen and oxygen atoms in total.